The minimum atomic E-state index is -3.64. The van der Waals surface area contributed by atoms with Crippen molar-refractivity contribution in [1.82, 2.24) is 5.32 Å². The van der Waals surface area contributed by atoms with Gasteiger partial charge in [0.2, 0.25) is 15.9 Å². The fourth-order valence-electron chi connectivity index (χ4n) is 1.92. The van der Waals surface area contributed by atoms with E-state index >= 15 is 0 Å². The van der Waals surface area contributed by atoms with Crippen molar-refractivity contribution in [1.29, 1.82) is 0 Å². The molecule has 5 nitrogen and oxygen atoms in total. The van der Waals surface area contributed by atoms with Crippen molar-refractivity contribution in [3.05, 3.63) is 41.4 Å². The van der Waals surface area contributed by atoms with Crippen LogP contribution in [0.5, 0.6) is 0 Å². The molecule has 1 rings (SSSR count). The predicted octanol–water partition coefficient (Wildman–Crippen LogP) is 2.11. The summed E-state index contributed by atoms with van der Waals surface area (Å²) >= 11 is 5.94. The molecule has 0 aromatic heterocycles. The zero-order valence-corrected chi connectivity index (χ0v) is 13.8. The molecule has 0 saturated heterocycles. The van der Waals surface area contributed by atoms with Crippen LogP contribution in [-0.4, -0.2) is 33.2 Å². The van der Waals surface area contributed by atoms with Gasteiger partial charge in [-0.2, -0.15) is 0 Å². The Balaban J connectivity index is 3.27. The molecule has 0 radical (unpaired) electrons. The van der Waals surface area contributed by atoms with E-state index in [0.29, 0.717) is 16.3 Å². The van der Waals surface area contributed by atoms with Crippen molar-refractivity contribution in [3.8, 4) is 0 Å². The number of rotatable bonds is 6. The maximum atomic E-state index is 12.1. The Hall–Kier alpha value is -1.53. The summed E-state index contributed by atoms with van der Waals surface area (Å²) in [5.41, 5.74) is 1.11. The fourth-order valence-corrected chi connectivity index (χ4v) is 3.31. The minimum absolute atomic E-state index is 0.273. The van der Waals surface area contributed by atoms with Crippen LogP contribution >= 0.6 is 11.6 Å². The molecule has 7 heteroatoms. The molecule has 0 unspecified atom stereocenters. The second-order valence-corrected chi connectivity index (χ2v) is 7.00. The highest BCUT2D eigenvalue weighted by Crippen LogP contribution is 2.28. The van der Waals surface area contributed by atoms with E-state index in [-0.39, 0.29) is 6.54 Å². The molecule has 0 aliphatic rings. The highest BCUT2D eigenvalue weighted by Gasteiger charge is 2.29. The number of benzene rings is 1. The summed E-state index contributed by atoms with van der Waals surface area (Å²) in [6.07, 6.45) is 2.59. The van der Waals surface area contributed by atoms with E-state index in [2.05, 4.69) is 11.9 Å². The molecule has 0 aliphatic heterocycles. The molecular weight excluding hydrogens is 312 g/mol. The van der Waals surface area contributed by atoms with Gasteiger partial charge in [-0.3, -0.25) is 9.10 Å². The van der Waals surface area contributed by atoms with Gasteiger partial charge in [0.1, 0.15) is 6.04 Å². The van der Waals surface area contributed by atoms with E-state index < -0.39 is 22.0 Å². The van der Waals surface area contributed by atoms with Gasteiger partial charge in [0.25, 0.3) is 0 Å². The number of amides is 1. The number of hydrogen-bond acceptors (Lipinski definition) is 3. The molecular formula is C14H19ClN2O3S. The molecule has 0 saturated carbocycles. The lowest BCUT2D eigenvalue weighted by atomic mass is 10.2. The summed E-state index contributed by atoms with van der Waals surface area (Å²) in [5.74, 6) is -0.403. The minimum Gasteiger partial charge on any atom is -0.351 e. The summed E-state index contributed by atoms with van der Waals surface area (Å²) in [5, 5.41) is 3.00. The number of carbonyl (C=O) groups is 1. The largest absolute Gasteiger partial charge is 0.351 e. The van der Waals surface area contributed by atoms with Crippen LogP contribution in [-0.2, 0) is 14.8 Å². The van der Waals surface area contributed by atoms with Gasteiger partial charge in [0.15, 0.2) is 0 Å². The van der Waals surface area contributed by atoms with Crippen molar-refractivity contribution in [3.63, 3.8) is 0 Å². The SMILES string of the molecule is C=CCNC(=O)[C@@H](C)N(c1cc(Cl)ccc1C)S(C)(=O)=O. The lowest BCUT2D eigenvalue weighted by Crippen LogP contribution is -2.48. The van der Waals surface area contributed by atoms with Crippen LogP contribution in [0.1, 0.15) is 12.5 Å². The highest BCUT2D eigenvalue weighted by atomic mass is 35.5. The van der Waals surface area contributed by atoms with E-state index in [0.717, 1.165) is 10.6 Å². The first-order chi connectivity index (χ1) is 9.68. The van der Waals surface area contributed by atoms with Crippen LogP contribution in [0.4, 0.5) is 5.69 Å². The Kier molecular flexibility index (Phi) is 5.80. The lowest BCUT2D eigenvalue weighted by molar-refractivity contribution is -0.121. The summed E-state index contributed by atoms with van der Waals surface area (Å²) in [6.45, 7) is 7.07. The summed E-state index contributed by atoms with van der Waals surface area (Å²) < 4.78 is 25.3. The highest BCUT2D eigenvalue weighted by molar-refractivity contribution is 7.92. The van der Waals surface area contributed by atoms with E-state index in [1.54, 1.807) is 19.1 Å². The topological polar surface area (TPSA) is 66.5 Å². The quantitative estimate of drug-likeness (QED) is 0.812. The molecule has 0 bridgehead atoms. The van der Waals surface area contributed by atoms with Crippen LogP contribution in [0.25, 0.3) is 0 Å². The molecule has 0 heterocycles. The average molecular weight is 331 g/mol. The molecule has 0 aliphatic carbocycles. The number of aryl methyl sites for hydroxylation is 1. The van der Waals surface area contributed by atoms with Crippen molar-refractivity contribution in [2.24, 2.45) is 0 Å². The maximum Gasteiger partial charge on any atom is 0.243 e. The number of nitrogens with one attached hydrogen (secondary N) is 1. The number of carbonyl (C=O) groups excluding carboxylic acids is 1. The van der Waals surface area contributed by atoms with Crippen LogP contribution in [0.15, 0.2) is 30.9 Å². The number of hydrogen-bond donors (Lipinski definition) is 1. The predicted molar refractivity (Wildman–Crippen MR) is 86.2 cm³/mol. The molecule has 21 heavy (non-hydrogen) atoms. The van der Waals surface area contributed by atoms with E-state index in [1.165, 1.54) is 19.1 Å². The monoisotopic (exact) mass is 330 g/mol. The van der Waals surface area contributed by atoms with Gasteiger partial charge >= 0.3 is 0 Å². The zero-order chi connectivity index (χ0) is 16.2. The smallest absolute Gasteiger partial charge is 0.243 e. The average Bonchev–Trinajstić information content (AvgIpc) is 2.38. The molecule has 1 atom stereocenters. The van der Waals surface area contributed by atoms with Gasteiger partial charge in [0.05, 0.1) is 11.9 Å². The van der Waals surface area contributed by atoms with Gasteiger partial charge in [-0.15, -0.1) is 6.58 Å². The van der Waals surface area contributed by atoms with Crippen molar-refractivity contribution in [2.45, 2.75) is 19.9 Å². The first-order valence-electron chi connectivity index (χ1n) is 6.32. The first-order valence-corrected chi connectivity index (χ1v) is 8.55. The third-order valence-electron chi connectivity index (χ3n) is 2.92. The molecule has 1 N–H and O–H groups in total. The molecule has 1 aromatic rings. The number of nitrogens with zero attached hydrogens (tertiary/aromatic N) is 1. The Bertz CT molecular complexity index is 644. The number of halogens is 1. The van der Waals surface area contributed by atoms with Gasteiger partial charge in [-0.05, 0) is 31.5 Å². The molecule has 116 valence electrons. The van der Waals surface area contributed by atoms with Gasteiger partial charge in [-0.25, -0.2) is 8.42 Å². The van der Waals surface area contributed by atoms with Crippen molar-refractivity contribution >= 4 is 33.2 Å². The van der Waals surface area contributed by atoms with Crippen LogP contribution in [0.3, 0.4) is 0 Å². The van der Waals surface area contributed by atoms with Crippen LogP contribution in [0.2, 0.25) is 5.02 Å². The van der Waals surface area contributed by atoms with Crippen molar-refractivity contribution < 1.29 is 13.2 Å². The molecule has 1 aromatic carbocycles. The van der Waals surface area contributed by atoms with Gasteiger partial charge in [0, 0.05) is 11.6 Å². The van der Waals surface area contributed by atoms with Crippen LogP contribution < -0.4 is 9.62 Å². The fraction of sp³-hybridized carbons (Fsp3) is 0.357. The van der Waals surface area contributed by atoms with E-state index in [1.807, 2.05) is 0 Å². The van der Waals surface area contributed by atoms with E-state index in [4.69, 9.17) is 11.6 Å². The molecule has 0 spiro atoms. The zero-order valence-electron chi connectivity index (χ0n) is 12.3. The van der Waals surface area contributed by atoms with Gasteiger partial charge in [-0.1, -0.05) is 23.7 Å². The third kappa shape index (κ3) is 4.47. The summed E-state index contributed by atoms with van der Waals surface area (Å²) in [7, 11) is -3.64. The Morgan fingerprint density at radius 3 is 2.67 bits per heavy atom. The number of sulfonamides is 1. The standard InChI is InChI=1S/C14H19ClN2O3S/c1-5-8-16-14(18)11(3)17(21(4,19)20)13-9-12(15)7-6-10(13)2/h5-7,9,11H,1,8H2,2-4H3,(H,16,18)/t11-/m1/s1. The first kappa shape index (κ1) is 17.5. The Labute approximate surface area is 130 Å². The second kappa shape index (κ2) is 6.95. The Morgan fingerprint density at radius 2 is 2.14 bits per heavy atom. The molecule has 1 amide bonds. The van der Waals surface area contributed by atoms with Crippen molar-refractivity contribution in [2.75, 3.05) is 17.1 Å². The van der Waals surface area contributed by atoms with E-state index in [9.17, 15) is 13.2 Å². The maximum absolute atomic E-state index is 12.1. The molecule has 0 fully saturated rings. The second-order valence-electron chi connectivity index (χ2n) is 4.70. The van der Waals surface area contributed by atoms with Gasteiger partial charge < -0.3 is 5.32 Å². The summed E-state index contributed by atoms with van der Waals surface area (Å²) in [6, 6.07) is 4.03. The summed E-state index contributed by atoms with van der Waals surface area (Å²) in [4.78, 5) is 12.1. The van der Waals surface area contributed by atoms with Crippen LogP contribution in [0, 0.1) is 6.92 Å². The Morgan fingerprint density at radius 1 is 1.52 bits per heavy atom. The normalized spacial score (nSPS) is 12.6. The lowest BCUT2D eigenvalue weighted by Gasteiger charge is -2.29. The third-order valence-corrected chi connectivity index (χ3v) is 4.38. The number of anilines is 1.